The van der Waals surface area contributed by atoms with Gasteiger partial charge in [0.1, 0.15) is 18.1 Å². The van der Waals surface area contributed by atoms with Crippen LogP contribution in [0.3, 0.4) is 0 Å². The number of unbranched alkanes of at least 4 members (excludes halogenated alkanes) is 1. The van der Waals surface area contributed by atoms with Gasteiger partial charge in [-0.15, -0.1) is 0 Å². The van der Waals surface area contributed by atoms with Crippen LogP contribution in [-0.2, 0) is 36.8 Å². The number of para-hydroxylation sites is 1. The van der Waals surface area contributed by atoms with E-state index in [2.05, 4.69) is 20.9 Å². The predicted octanol–water partition coefficient (Wildman–Crippen LogP) is -0.176. The molecule has 1 aromatic heterocycles. The zero-order valence-corrected chi connectivity index (χ0v) is 23.8. The monoisotopic (exact) mass is 593 g/mol. The van der Waals surface area contributed by atoms with Crippen molar-refractivity contribution in [2.45, 2.75) is 62.7 Å². The first-order chi connectivity index (χ1) is 20.6. The van der Waals surface area contributed by atoms with E-state index < -0.39 is 60.2 Å². The minimum Gasteiger partial charge on any atom is -0.480 e. The van der Waals surface area contributed by atoms with E-state index in [1.165, 1.54) is 0 Å². The first kappa shape index (κ1) is 32.8. The number of benzene rings is 2. The zero-order chi connectivity index (χ0) is 31.4. The molecule has 13 heteroatoms. The normalized spacial score (nSPS) is 13.8. The topological polar surface area (TPSA) is 236 Å². The van der Waals surface area contributed by atoms with E-state index >= 15 is 0 Å². The number of nitrogens with two attached hydrogens (primary N) is 3. The number of primary amides is 1. The fourth-order valence-electron chi connectivity index (χ4n) is 4.67. The van der Waals surface area contributed by atoms with Gasteiger partial charge < -0.3 is 43.2 Å². The molecule has 3 rings (SSSR count). The summed E-state index contributed by atoms with van der Waals surface area (Å²) >= 11 is 0. The van der Waals surface area contributed by atoms with Gasteiger partial charge in [-0.05, 0) is 49.4 Å². The number of carboxylic acids is 1. The maximum Gasteiger partial charge on any atom is 0.326 e. The van der Waals surface area contributed by atoms with E-state index in [1.807, 2.05) is 24.3 Å². The summed E-state index contributed by atoms with van der Waals surface area (Å²) in [6, 6.07) is 11.6. The third kappa shape index (κ3) is 9.94. The third-order valence-corrected chi connectivity index (χ3v) is 6.97. The first-order valence-electron chi connectivity index (χ1n) is 14.1. The highest BCUT2D eigenvalue weighted by Gasteiger charge is 2.31. The predicted molar refractivity (Wildman–Crippen MR) is 160 cm³/mol. The maximum absolute atomic E-state index is 13.5. The number of aliphatic carboxylic acids is 1. The number of aromatic nitrogens is 1. The fraction of sp³-hybridized carbons (Fsp3) is 0.367. The van der Waals surface area contributed by atoms with Gasteiger partial charge in [-0.1, -0.05) is 48.5 Å². The second-order valence-electron chi connectivity index (χ2n) is 10.3. The minimum atomic E-state index is -1.48. The van der Waals surface area contributed by atoms with E-state index in [0.717, 1.165) is 22.0 Å². The summed E-state index contributed by atoms with van der Waals surface area (Å²) < 4.78 is 0. The Balaban J connectivity index is 1.75. The highest BCUT2D eigenvalue weighted by Crippen LogP contribution is 2.19. The molecule has 0 saturated carbocycles. The lowest BCUT2D eigenvalue weighted by Crippen LogP contribution is -2.58. The van der Waals surface area contributed by atoms with E-state index in [-0.39, 0.29) is 19.3 Å². The van der Waals surface area contributed by atoms with Gasteiger partial charge in [0.2, 0.25) is 23.6 Å². The van der Waals surface area contributed by atoms with Gasteiger partial charge in [0.05, 0.1) is 12.5 Å². The average molecular weight is 594 g/mol. The molecule has 2 aromatic carbocycles. The van der Waals surface area contributed by atoms with Gasteiger partial charge >= 0.3 is 5.97 Å². The number of rotatable bonds is 17. The lowest BCUT2D eigenvalue weighted by molar-refractivity contribution is -0.142. The molecule has 0 aliphatic rings. The van der Waals surface area contributed by atoms with Crippen molar-refractivity contribution in [2.24, 2.45) is 17.2 Å². The maximum atomic E-state index is 13.5. The Kier molecular flexibility index (Phi) is 12.2. The van der Waals surface area contributed by atoms with Crippen LogP contribution in [0.25, 0.3) is 10.9 Å². The molecular formula is C30H39N7O6. The third-order valence-electron chi connectivity index (χ3n) is 6.97. The van der Waals surface area contributed by atoms with Crippen LogP contribution in [0.5, 0.6) is 0 Å². The summed E-state index contributed by atoms with van der Waals surface area (Å²) in [5, 5.41) is 18.0. The highest BCUT2D eigenvalue weighted by atomic mass is 16.4. The Hall–Kier alpha value is -4.75. The Bertz CT molecular complexity index is 1410. The number of carboxylic acid groups (broad SMARTS) is 1. The molecular weight excluding hydrogens is 554 g/mol. The van der Waals surface area contributed by atoms with Crippen LogP contribution in [0.1, 0.15) is 36.8 Å². The molecule has 0 aliphatic heterocycles. The van der Waals surface area contributed by atoms with Crippen molar-refractivity contribution in [1.82, 2.24) is 20.9 Å². The van der Waals surface area contributed by atoms with Crippen molar-refractivity contribution < 1.29 is 29.1 Å². The number of nitrogens with one attached hydrogen (secondary N) is 4. The van der Waals surface area contributed by atoms with Gasteiger partial charge in [0.15, 0.2) is 0 Å². The summed E-state index contributed by atoms with van der Waals surface area (Å²) in [4.78, 5) is 66.3. The molecule has 1 heterocycles. The molecule has 0 aliphatic carbocycles. The molecule has 13 nitrogen and oxygen atoms in total. The van der Waals surface area contributed by atoms with Gasteiger partial charge in [-0.3, -0.25) is 19.2 Å². The van der Waals surface area contributed by atoms with Crippen molar-refractivity contribution in [3.63, 3.8) is 0 Å². The Morgan fingerprint density at radius 1 is 0.791 bits per heavy atom. The molecule has 0 bridgehead atoms. The molecule has 0 fully saturated rings. The van der Waals surface area contributed by atoms with Crippen LogP contribution in [0.2, 0.25) is 0 Å². The van der Waals surface area contributed by atoms with Gasteiger partial charge in [0, 0.05) is 23.5 Å². The zero-order valence-electron chi connectivity index (χ0n) is 23.8. The molecule has 4 amide bonds. The lowest BCUT2D eigenvalue weighted by atomic mass is 10.0. The average Bonchev–Trinajstić information content (AvgIpc) is 3.38. The van der Waals surface area contributed by atoms with Crippen molar-refractivity contribution in [3.8, 4) is 0 Å². The van der Waals surface area contributed by atoms with Crippen LogP contribution in [0, 0.1) is 0 Å². The molecule has 230 valence electrons. The number of H-pyrrole nitrogens is 1. The number of hydrogen-bond donors (Lipinski definition) is 8. The standard InChI is InChI=1S/C30H39N7O6/c31-13-7-6-12-23(30(42)43)35-29(41)25(16-26(33)38)37-28(40)24(14-18-8-2-1-3-9-18)36-27(39)21(32)15-19-17-34-22-11-5-4-10-20(19)22/h1-5,8-11,17,21,23-25,34H,6-7,12-16,31-32H2,(H2,33,38)(H,35,41)(H,36,39)(H,37,40)(H,42,43). The first-order valence-corrected chi connectivity index (χ1v) is 14.1. The molecule has 4 atom stereocenters. The van der Waals surface area contributed by atoms with Crippen LogP contribution >= 0.6 is 0 Å². The number of fused-ring (bicyclic) bond motifs is 1. The quantitative estimate of drug-likeness (QED) is 0.0975. The Morgan fingerprint density at radius 3 is 2.09 bits per heavy atom. The highest BCUT2D eigenvalue weighted by molar-refractivity contribution is 5.96. The SMILES string of the molecule is NCCCCC(NC(=O)C(CC(N)=O)NC(=O)C(Cc1ccccc1)NC(=O)C(N)Cc1c[nH]c2ccccc12)C(=O)O. The summed E-state index contributed by atoms with van der Waals surface area (Å²) in [6.45, 7) is 0.362. The summed E-state index contributed by atoms with van der Waals surface area (Å²) in [6.07, 6.45) is 2.56. The molecule has 43 heavy (non-hydrogen) atoms. The summed E-state index contributed by atoms with van der Waals surface area (Å²) in [5.41, 5.74) is 19.5. The van der Waals surface area contributed by atoms with Crippen molar-refractivity contribution in [1.29, 1.82) is 0 Å². The Morgan fingerprint density at radius 2 is 1.42 bits per heavy atom. The molecule has 3 aromatic rings. The van der Waals surface area contributed by atoms with Crippen LogP contribution in [-0.4, -0.2) is 70.4 Å². The van der Waals surface area contributed by atoms with Crippen LogP contribution in [0.15, 0.2) is 60.8 Å². The number of hydrogen-bond acceptors (Lipinski definition) is 7. The Labute approximate surface area is 248 Å². The fourth-order valence-corrected chi connectivity index (χ4v) is 4.67. The van der Waals surface area contributed by atoms with Crippen molar-refractivity contribution in [3.05, 3.63) is 71.9 Å². The second-order valence-corrected chi connectivity index (χ2v) is 10.3. The van der Waals surface area contributed by atoms with E-state index in [4.69, 9.17) is 17.2 Å². The van der Waals surface area contributed by atoms with Crippen LogP contribution in [0.4, 0.5) is 0 Å². The summed E-state index contributed by atoms with van der Waals surface area (Å²) in [7, 11) is 0. The smallest absolute Gasteiger partial charge is 0.326 e. The molecule has 0 spiro atoms. The van der Waals surface area contributed by atoms with Gasteiger partial charge in [0.25, 0.3) is 0 Å². The number of carbonyl (C=O) groups excluding carboxylic acids is 4. The second kappa shape index (κ2) is 16.0. The minimum absolute atomic E-state index is 0.0555. The van der Waals surface area contributed by atoms with Crippen LogP contribution < -0.4 is 33.2 Å². The molecule has 11 N–H and O–H groups in total. The lowest BCUT2D eigenvalue weighted by Gasteiger charge is -2.25. The van der Waals surface area contributed by atoms with E-state index in [9.17, 15) is 29.1 Å². The van der Waals surface area contributed by atoms with E-state index in [0.29, 0.717) is 19.4 Å². The van der Waals surface area contributed by atoms with E-state index in [1.54, 1.807) is 36.5 Å². The number of aromatic amines is 1. The number of carbonyl (C=O) groups is 5. The van der Waals surface area contributed by atoms with Gasteiger partial charge in [-0.2, -0.15) is 0 Å². The molecule has 0 saturated heterocycles. The van der Waals surface area contributed by atoms with Gasteiger partial charge in [-0.25, -0.2) is 4.79 Å². The molecule has 0 radical (unpaired) electrons. The number of amides is 4. The van der Waals surface area contributed by atoms with Crippen molar-refractivity contribution >= 4 is 40.5 Å². The summed E-state index contributed by atoms with van der Waals surface area (Å²) in [5.74, 6) is -4.42. The van der Waals surface area contributed by atoms with Crippen molar-refractivity contribution in [2.75, 3.05) is 6.54 Å². The largest absolute Gasteiger partial charge is 0.480 e. The molecule has 4 unspecified atom stereocenters.